The third-order valence-electron chi connectivity index (χ3n) is 2.78. The van der Waals surface area contributed by atoms with Crippen molar-refractivity contribution in [3.63, 3.8) is 0 Å². The fourth-order valence-corrected chi connectivity index (χ4v) is 2.14. The maximum atomic E-state index is 5.74. The van der Waals surface area contributed by atoms with Gasteiger partial charge < -0.3 is 9.47 Å². The summed E-state index contributed by atoms with van der Waals surface area (Å²) in [7, 11) is 0. The van der Waals surface area contributed by atoms with Crippen LogP contribution in [0.4, 0.5) is 0 Å². The third-order valence-corrected chi connectivity index (χ3v) is 3.28. The number of halogens is 1. The van der Waals surface area contributed by atoms with Gasteiger partial charge in [0.1, 0.15) is 12.4 Å². The molecule has 2 aromatic carbocycles. The highest BCUT2D eigenvalue weighted by Gasteiger charge is 2.04. The van der Waals surface area contributed by atoms with E-state index in [0.29, 0.717) is 13.2 Å². The zero-order valence-electron chi connectivity index (χ0n) is 10.9. The van der Waals surface area contributed by atoms with Crippen molar-refractivity contribution < 1.29 is 9.47 Å². The van der Waals surface area contributed by atoms with Crippen molar-refractivity contribution in [1.29, 1.82) is 0 Å². The van der Waals surface area contributed by atoms with Gasteiger partial charge in [-0.3, -0.25) is 0 Å². The van der Waals surface area contributed by atoms with Crippen molar-refractivity contribution >= 4 is 15.9 Å². The first-order chi connectivity index (χ1) is 9.25. The molecule has 2 aromatic rings. The van der Waals surface area contributed by atoms with E-state index in [-0.39, 0.29) is 6.10 Å². The van der Waals surface area contributed by atoms with E-state index >= 15 is 0 Å². The van der Waals surface area contributed by atoms with Gasteiger partial charge in [0.05, 0.1) is 12.7 Å². The smallest absolute Gasteiger partial charge is 0.120 e. The highest BCUT2D eigenvalue weighted by Crippen LogP contribution is 2.18. The molecule has 0 aliphatic carbocycles. The molecule has 1 atom stereocenters. The number of hydrogen-bond acceptors (Lipinski definition) is 2. The molecule has 0 saturated heterocycles. The van der Waals surface area contributed by atoms with Crippen molar-refractivity contribution in [2.45, 2.75) is 13.0 Å². The van der Waals surface area contributed by atoms with Crippen LogP contribution in [0.1, 0.15) is 18.6 Å². The number of hydrogen-bond donors (Lipinski definition) is 0. The Hall–Kier alpha value is -1.32. The number of rotatable bonds is 6. The first-order valence-corrected chi connectivity index (χ1v) is 7.10. The van der Waals surface area contributed by atoms with E-state index in [9.17, 15) is 0 Å². The van der Waals surface area contributed by atoms with Gasteiger partial charge in [0, 0.05) is 4.47 Å². The van der Waals surface area contributed by atoms with Crippen LogP contribution in [0.5, 0.6) is 5.75 Å². The summed E-state index contributed by atoms with van der Waals surface area (Å²) in [5, 5.41) is 0. The van der Waals surface area contributed by atoms with Crippen LogP contribution in [0.15, 0.2) is 59.1 Å². The van der Waals surface area contributed by atoms with E-state index in [0.717, 1.165) is 10.2 Å². The minimum Gasteiger partial charge on any atom is -0.491 e. The summed E-state index contributed by atoms with van der Waals surface area (Å²) in [5.74, 6) is 0.852. The van der Waals surface area contributed by atoms with Crippen molar-refractivity contribution in [1.82, 2.24) is 0 Å². The normalized spacial score (nSPS) is 12.1. The lowest BCUT2D eigenvalue weighted by Crippen LogP contribution is -2.09. The lowest BCUT2D eigenvalue weighted by Gasteiger charge is -2.14. The molecule has 0 radical (unpaired) electrons. The molecular formula is C16H17BrO2. The van der Waals surface area contributed by atoms with Gasteiger partial charge in [-0.2, -0.15) is 0 Å². The fraction of sp³-hybridized carbons (Fsp3) is 0.250. The SMILES string of the molecule is CC(OCCOc1cccc(Br)c1)c1ccccc1. The van der Waals surface area contributed by atoms with Crippen LogP contribution in [0.25, 0.3) is 0 Å². The highest BCUT2D eigenvalue weighted by molar-refractivity contribution is 9.10. The first kappa shape index (κ1) is 14.1. The summed E-state index contributed by atoms with van der Waals surface area (Å²) in [4.78, 5) is 0. The molecule has 100 valence electrons. The molecule has 3 heteroatoms. The molecule has 0 fully saturated rings. The molecule has 0 aliphatic rings. The van der Waals surface area contributed by atoms with E-state index in [4.69, 9.17) is 9.47 Å². The van der Waals surface area contributed by atoms with Crippen LogP contribution >= 0.6 is 15.9 Å². The quantitative estimate of drug-likeness (QED) is 0.724. The Balaban J connectivity index is 1.72. The molecule has 0 N–H and O–H groups in total. The minimum atomic E-state index is 0.0901. The Morgan fingerprint density at radius 2 is 1.79 bits per heavy atom. The standard InChI is InChI=1S/C16H17BrO2/c1-13(14-6-3-2-4-7-14)18-10-11-19-16-9-5-8-15(17)12-16/h2-9,12-13H,10-11H2,1H3. The topological polar surface area (TPSA) is 18.5 Å². The van der Waals surface area contributed by atoms with Gasteiger partial charge in [0.15, 0.2) is 0 Å². The van der Waals surface area contributed by atoms with E-state index in [1.807, 2.05) is 42.5 Å². The lowest BCUT2D eigenvalue weighted by molar-refractivity contribution is 0.0439. The second-order valence-electron chi connectivity index (χ2n) is 4.23. The zero-order chi connectivity index (χ0) is 13.5. The predicted molar refractivity (Wildman–Crippen MR) is 80.4 cm³/mol. The molecule has 19 heavy (non-hydrogen) atoms. The average Bonchev–Trinajstić information content (AvgIpc) is 2.44. The van der Waals surface area contributed by atoms with Crippen LogP contribution in [0, 0.1) is 0 Å². The van der Waals surface area contributed by atoms with Crippen LogP contribution in [0.2, 0.25) is 0 Å². The Kier molecular flexibility index (Phi) is 5.43. The molecule has 2 rings (SSSR count). The largest absolute Gasteiger partial charge is 0.491 e. The summed E-state index contributed by atoms with van der Waals surface area (Å²) in [6.45, 7) is 3.17. The van der Waals surface area contributed by atoms with Gasteiger partial charge in [-0.1, -0.05) is 52.3 Å². The van der Waals surface area contributed by atoms with Crippen molar-refractivity contribution in [2.75, 3.05) is 13.2 Å². The number of ether oxygens (including phenoxy) is 2. The maximum Gasteiger partial charge on any atom is 0.120 e. The summed E-state index contributed by atoms with van der Waals surface area (Å²) < 4.78 is 12.4. The molecule has 2 nitrogen and oxygen atoms in total. The number of benzene rings is 2. The van der Waals surface area contributed by atoms with E-state index in [1.54, 1.807) is 0 Å². The zero-order valence-corrected chi connectivity index (χ0v) is 12.5. The van der Waals surface area contributed by atoms with Gasteiger partial charge in [0.2, 0.25) is 0 Å². The molecule has 0 aromatic heterocycles. The van der Waals surface area contributed by atoms with Crippen LogP contribution in [0.3, 0.4) is 0 Å². The predicted octanol–water partition coefficient (Wildman–Crippen LogP) is 4.61. The maximum absolute atomic E-state index is 5.74. The first-order valence-electron chi connectivity index (χ1n) is 6.30. The van der Waals surface area contributed by atoms with Gasteiger partial charge in [-0.15, -0.1) is 0 Å². The van der Waals surface area contributed by atoms with Crippen LogP contribution in [-0.4, -0.2) is 13.2 Å². The van der Waals surface area contributed by atoms with Crippen molar-refractivity contribution in [2.24, 2.45) is 0 Å². The molecule has 1 unspecified atom stereocenters. The molecule has 0 spiro atoms. The van der Waals surface area contributed by atoms with E-state index < -0.39 is 0 Å². The van der Waals surface area contributed by atoms with Gasteiger partial charge in [-0.05, 0) is 30.7 Å². The molecule has 0 amide bonds. The summed E-state index contributed by atoms with van der Waals surface area (Å²) in [6.07, 6.45) is 0.0901. The molecule has 0 bridgehead atoms. The monoisotopic (exact) mass is 320 g/mol. The Morgan fingerprint density at radius 1 is 1.00 bits per heavy atom. The fourth-order valence-electron chi connectivity index (χ4n) is 1.76. The van der Waals surface area contributed by atoms with Gasteiger partial charge >= 0.3 is 0 Å². The summed E-state index contributed by atoms with van der Waals surface area (Å²) in [6, 6.07) is 18.0. The second-order valence-corrected chi connectivity index (χ2v) is 5.15. The summed E-state index contributed by atoms with van der Waals surface area (Å²) >= 11 is 3.41. The molecule has 0 saturated carbocycles. The Morgan fingerprint density at radius 3 is 2.53 bits per heavy atom. The van der Waals surface area contributed by atoms with Gasteiger partial charge in [0.25, 0.3) is 0 Å². The minimum absolute atomic E-state index is 0.0901. The van der Waals surface area contributed by atoms with Crippen LogP contribution in [-0.2, 0) is 4.74 Å². The Bertz CT molecular complexity index is 499. The van der Waals surface area contributed by atoms with E-state index in [1.165, 1.54) is 5.56 Å². The molecular weight excluding hydrogens is 304 g/mol. The van der Waals surface area contributed by atoms with Crippen molar-refractivity contribution in [3.8, 4) is 5.75 Å². The van der Waals surface area contributed by atoms with Crippen LogP contribution < -0.4 is 4.74 Å². The lowest BCUT2D eigenvalue weighted by atomic mass is 10.1. The van der Waals surface area contributed by atoms with Gasteiger partial charge in [-0.25, -0.2) is 0 Å². The average molecular weight is 321 g/mol. The van der Waals surface area contributed by atoms with Crippen molar-refractivity contribution in [3.05, 3.63) is 64.6 Å². The second kappa shape index (κ2) is 7.31. The molecule has 0 aliphatic heterocycles. The highest BCUT2D eigenvalue weighted by atomic mass is 79.9. The molecule has 0 heterocycles. The summed E-state index contributed by atoms with van der Waals surface area (Å²) in [5.41, 5.74) is 1.19. The Labute approximate surface area is 122 Å². The third kappa shape index (κ3) is 4.69. The van der Waals surface area contributed by atoms with E-state index in [2.05, 4.69) is 35.0 Å².